The Morgan fingerprint density at radius 3 is 2.28 bits per heavy atom. The Morgan fingerprint density at radius 1 is 0.940 bits per heavy atom. The summed E-state index contributed by atoms with van der Waals surface area (Å²) < 4.78 is 11.1. The first-order valence-corrected chi connectivity index (χ1v) is 20.2. The number of hydrogen-bond donors (Lipinski definition) is 2. The third kappa shape index (κ3) is 9.46. The number of ether oxygens (including phenoxy) is 2. The van der Waals surface area contributed by atoms with Gasteiger partial charge in [-0.25, -0.2) is 0 Å². The van der Waals surface area contributed by atoms with Crippen molar-refractivity contribution in [3.8, 4) is 0 Å². The number of allylic oxidation sites excluding steroid dienone is 6. The summed E-state index contributed by atoms with van der Waals surface area (Å²) in [6.07, 6.45) is 28.9. The van der Waals surface area contributed by atoms with Crippen molar-refractivity contribution < 1.29 is 34.1 Å². The summed E-state index contributed by atoms with van der Waals surface area (Å²) in [5, 5.41) is 23.8. The maximum absolute atomic E-state index is 13.7. The van der Waals surface area contributed by atoms with E-state index in [1.54, 1.807) is 12.2 Å². The van der Waals surface area contributed by atoms with Crippen LogP contribution in [0.2, 0.25) is 0 Å². The maximum Gasteiger partial charge on any atom is 0.306 e. The molecule has 4 rings (SSSR count). The fourth-order valence-corrected chi connectivity index (χ4v) is 10.3. The third-order valence-electron chi connectivity index (χ3n) is 13.1. The molecule has 3 fully saturated rings. The Hall–Kier alpha value is -2.09. The normalized spacial score (nSPS) is 33.2. The molecule has 50 heavy (non-hydrogen) atoms. The topological polar surface area (TPSA) is 110 Å². The number of carbonyl (C=O) groups is 3. The molecule has 4 aliphatic rings. The lowest BCUT2D eigenvalue weighted by molar-refractivity contribution is -0.186. The second kappa shape index (κ2) is 19.1. The van der Waals surface area contributed by atoms with Crippen LogP contribution in [0.4, 0.5) is 0 Å². The first-order valence-electron chi connectivity index (χ1n) is 20.2. The molecule has 0 amide bonds. The zero-order valence-corrected chi connectivity index (χ0v) is 31.8. The summed E-state index contributed by atoms with van der Waals surface area (Å²) in [5.74, 6) is -1.18. The summed E-state index contributed by atoms with van der Waals surface area (Å²) in [7, 11) is 0. The molecule has 282 valence electrons. The average Bonchev–Trinajstić information content (AvgIpc) is 3.29. The van der Waals surface area contributed by atoms with Gasteiger partial charge >= 0.3 is 5.97 Å². The van der Waals surface area contributed by atoms with Crippen molar-refractivity contribution in [3.05, 3.63) is 36.0 Å². The monoisotopic (exact) mass is 696 g/mol. The van der Waals surface area contributed by atoms with E-state index < -0.39 is 40.9 Å². The van der Waals surface area contributed by atoms with Gasteiger partial charge in [0.1, 0.15) is 5.60 Å². The summed E-state index contributed by atoms with van der Waals surface area (Å²) in [5.41, 5.74) is -1.85. The van der Waals surface area contributed by atoms with Gasteiger partial charge in [-0.05, 0) is 94.1 Å². The third-order valence-corrected chi connectivity index (χ3v) is 13.1. The van der Waals surface area contributed by atoms with Crippen molar-refractivity contribution in [2.75, 3.05) is 19.8 Å². The minimum absolute atomic E-state index is 0.00328. The summed E-state index contributed by atoms with van der Waals surface area (Å²) in [6, 6.07) is 0. The van der Waals surface area contributed by atoms with Gasteiger partial charge in [0.05, 0.1) is 6.10 Å². The molecule has 0 heterocycles. The van der Waals surface area contributed by atoms with E-state index in [9.17, 15) is 24.6 Å². The second-order valence-corrected chi connectivity index (χ2v) is 16.5. The lowest BCUT2D eigenvalue weighted by atomic mass is 9.46. The maximum atomic E-state index is 13.7. The van der Waals surface area contributed by atoms with E-state index in [-0.39, 0.29) is 42.3 Å². The molecule has 0 aromatic rings. The molecule has 0 saturated heterocycles. The van der Waals surface area contributed by atoms with Gasteiger partial charge in [-0.3, -0.25) is 14.4 Å². The largest absolute Gasteiger partial charge is 0.458 e. The zero-order chi connectivity index (χ0) is 36.2. The number of aliphatic hydroxyl groups excluding tert-OH is 1. The fraction of sp³-hybridized carbons (Fsp3) is 0.791. The van der Waals surface area contributed by atoms with Crippen molar-refractivity contribution >= 4 is 17.5 Å². The quantitative estimate of drug-likeness (QED) is 0.0662. The molecule has 0 bridgehead atoms. The zero-order valence-electron chi connectivity index (χ0n) is 31.8. The highest BCUT2D eigenvalue weighted by Gasteiger charge is 2.70. The fourth-order valence-electron chi connectivity index (χ4n) is 10.3. The van der Waals surface area contributed by atoms with Crippen LogP contribution < -0.4 is 0 Å². The van der Waals surface area contributed by atoms with Gasteiger partial charge < -0.3 is 19.7 Å². The summed E-state index contributed by atoms with van der Waals surface area (Å²) >= 11 is 0. The Morgan fingerprint density at radius 2 is 1.58 bits per heavy atom. The summed E-state index contributed by atoms with van der Waals surface area (Å²) in [6.45, 7) is 8.94. The molecule has 0 aromatic heterocycles. The molecular weight excluding hydrogens is 628 g/mol. The van der Waals surface area contributed by atoms with Gasteiger partial charge in [0, 0.05) is 36.4 Å². The number of unbranched alkanes of at least 4 members (excludes halogenated alkanes) is 11. The molecule has 3 saturated carbocycles. The highest BCUT2D eigenvalue weighted by molar-refractivity contribution is 6.01. The van der Waals surface area contributed by atoms with Crippen LogP contribution in [0.15, 0.2) is 36.0 Å². The number of rotatable bonds is 22. The number of fused-ring (bicyclic) bond motifs is 5. The predicted molar refractivity (Wildman–Crippen MR) is 198 cm³/mol. The predicted octanol–water partition coefficient (Wildman–Crippen LogP) is 8.80. The van der Waals surface area contributed by atoms with Gasteiger partial charge in [-0.15, -0.1) is 0 Å². The molecule has 0 radical (unpaired) electrons. The molecule has 0 aliphatic heterocycles. The molecule has 0 spiro atoms. The average molecular weight is 697 g/mol. The van der Waals surface area contributed by atoms with Crippen LogP contribution in [0.3, 0.4) is 0 Å². The van der Waals surface area contributed by atoms with Crippen molar-refractivity contribution in [2.45, 2.75) is 161 Å². The van der Waals surface area contributed by atoms with Gasteiger partial charge in [-0.1, -0.05) is 103 Å². The smallest absolute Gasteiger partial charge is 0.306 e. The molecular formula is C43H68O7. The van der Waals surface area contributed by atoms with Gasteiger partial charge in [0.15, 0.2) is 12.4 Å². The first kappa shape index (κ1) is 40.7. The highest BCUT2D eigenvalue weighted by atomic mass is 16.5. The molecule has 0 unspecified atom stereocenters. The lowest BCUT2D eigenvalue weighted by Crippen LogP contribution is -2.62. The van der Waals surface area contributed by atoms with E-state index >= 15 is 0 Å². The number of carbonyl (C=O) groups excluding carboxylic acids is 3. The minimum Gasteiger partial charge on any atom is -0.458 e. The van der Waals surface area contributed by atoms with Crippen molar-refractivity contribution in [1.82, 2.24) is 0 Å². The van der Waals surface area contributed by atoms with Crippen molar-refractivity contribution in [2.24, 2.45) is 34.5 Å². The molecule has 7 nitrogen and oxygen atoms in total. The molecule has 2 N–H and O–H groups in total. The molecule has 8 atom stereocenters. The van der Waals surface area contributed by atoms with E-state index in [4.69, 9.17) is 9.47 Å². The van der Waals surface area contributed by atoms with Crippen LogP contribution in [0.25, 0.3) is 0 Å². The molecule has 4 aliphatic carbocycles. The van der Waals surface area contributed by atoms with E-state index in [0.717, 1.165) is 31.3 Å². The SMILES string of the molecule is CCCCCCC/C=C\CCCCCCCCOCCCC(=O)OCC(=O)[C@@]1(O)[C@H](C)C[C@H]2[C@@H]3CCC4=CC(=O)C=C[C@]4(C)[C@H]3[C@@H](O)C[C@@]21C. The van der Waals surface area contributed by atoms with Crippen LogP contribution in [-0.4, -0.2) is 59.3 Å². The van der Waals surface area contributed by atoms with E-state index in [1.807, 2.05) is 19.9 Å². The second-order valence-electron chi connectivity index (χ2n) is 16.5. The molecule has 7 heteroatoms. The number of hydrogen-bond acceptors (Lipinski definition) is 7. The van der Waals surface area contributed by atoms with Gasteiger partial charge in [0.2, 0.25) is 5.78 Å². The van der Waals surface area contributed by atoms with Crippen LogP contribution in [-0.2, 0) is 23.9 Å². The van der Waals surface area contributed by atoms with Crippen LogP contribution in [0, 0.1) is 34.5 Å². The molecule has 0 aromatic carbocycles. The Labute approximate surface area is 302 Å². The van der Waals surface area contributed by atoms with Crippen LogP contribution >= 0.6 is 0 Å². The number of Topliss-reactive ketones (excluding diaryl/α,β-unsaturated/α-hetero) is 1. The van der Waals surface area contributed by atoms with Gasteiger partial charge in [0.25, 0.3) is 0 Å². The highest BCUT2D eigenvalue weighted by Crippen LogP contribution is 2.68. The van der Waals surface area contributed by atoms with Crippen molar-refractivity contribution in [3.63, 3.8) is 0 Å². The van der Waals surface area contributed by atoms with Crippen LogP contribution in [0.5, 0.6) is 0 Å². The number of ketones is 2. The standard InChI is InChI=1S/C43H68O7/c1-5-6-7-8-9-10-11-12-13-14-15-16-17-18-19-26-49-27-20-21-39(47)50-31-38(46)43(48)32(2)28-36-35-23-22-33-29-34(44)24-25-41(33,3)40(35)37(45)30-42(36,43)4/h11-12,24-25,29,32,35-37,40,45,48H,5-10,13-23,26-28,30-31H2,1-4H3/b12-11-/t32-,35+,36+,37+,40-,41+,42+,43+/m1/s1. The number of aliphatic hydroxyl groups is 2. The minimum atomic E-state index is -1.69. The first-order chi connectivity index (χ1) is 24.0. The lowest BCUT2D eigenvalue weighted by Gasteiger charge is -2.59. The van der Waals surface area contributed by atoms with Gasteiger partial charge in [-0.2, -0.15) is 0 Å². The Kier molecular flexibility index (Phi) is 15.6. The van der Waals surface area contributed by atoms with E-state index in [2.05, 4.69) is 26.0 Å². The van der Waals surface area contributed by atoms with E-state index in [1.165, 1.54) is 70.6 Å². The van der Waals surface area contributed by atoms with Crippen LogP contribution in [0.1, 0.15) is 150 Å². The number of esters is 1. The van der Waals surface area contributed by atoms with Crippen molar-refractivity contribution in [1.29, 1.82) is 0 Å². The van der Waals surface area contributed by atoms with E-state index in [0.29, 0.717) is 26.1 Å². The Balaban J connectivity index is 1.08. The Bertz CT molecular complexity index is 1220. The summed E-state index contributed by atoms with van der Waals surface area (Å²) in [4.78, 5) is 38.3.